The van der Waals surface area contributed by atoms with Crippen molar-refractivity contribution in [2.24, 2.45) is 11.3 Å². The maximum Gasteiger partial charge on any atom is 0.229 e. The maximum atomic E-state index is 14.3. The van der Waals surface area contributed by atoms with Crippen molar-refractivity contribution in [1.82, 2.24) is 14.9 Å². The summed E-state index contributed by atoms with van der Waals surface area (Å²) in [7, 11) is 1.83. The molecule has 2 aromatic carbocycles. The molecule has 2 fully saturated rings. The SMILES string of the molecule is CCN(C(=O)C(C)C)c1cc(F)ccc1Oc1cncnc1N1CCC2(CCN(Cc3ccc(NC)c(NC=O)c3)C2)C1. The van der Waals surface area contributed by atoms with Gasteiger partial charge in [0.05, 0.1) is 23.3 Å². The largest absolute Gasteiger partial charge is 0.450 e. The van der Waals surface area contributed by atoms with E-state index in [0.29, 0.717) is 36.0 Å². The van der Waals surface area contributed by atoms with Crippen molar-refractivity contribution in [3.63, 3.8) is 0 Å². The molecular formula is C32H40FN7O3. The van der Waals surface area contributed by atoms with Crippen LogP contribution in [0.3, 0.4) is 0 Å². The summed E-state index contributed by atoms with van der Waals surface area (Å²) in [5.74, 6) is 0.733. The van der Waals surface area contributed by atoms with E-state index < -0.39 is 5.82 Å². The molecule has 1 unspecified atom stereocenters. The van der Waals surface area contributed by atoms with E-state index in [0.717, 1.165) is 62.5 Å². The number of hydrogen-bond donors (Lipinski definition) is 2. The average molecular weight is 590 g/mol. The monoisotopic (exact) mass is 589 g/mol. The number of carbonyl (C=O) groups is 2. The third kappa shape index (κ3) is 6.56. The molecular weight excluding hydrogens is 549 g/mol. The van der Waals surface area contributed by atoms with E-state index in [1.807, 2.05) is 40.0 Å². The lowest BCUT2D eigenvalue weighted by Gasteiger charge is -2.27. The summed E-state index contributed by atoms with van der Waals surface area (Å²) in [4.78, 5) is 39.1. The van der Waals surface area contributed by atoms with Gasteiger partial charge in [-0.05, 0) is 56.1 Å². The molecule has 1 atom stereocenters. The fraction of sp³-hybridized carbons (Fsp3) is 0.438. The van der Waals surface area contributed by atoms with Crippen molar-refractivity contribution in [2.75, 3.05) is 60.2 Å². The van der Waals surface area contributed by atoms with Crippen LogP contribution in [0.25, 0.3) is 0 Å². The van der Waals surface area contributed by atoms with Crippen LogP contribution in [0, 0.1) is 17.2 Å². The number of likely N-dealkylation sites (tertiary alicyclic amines) is 1. The quantitative estimate of drug-likeness (QED) is 0.297. The fourth-order valence-corrected chi connectivity index (χ4v) is 6.24. The topological polar surface area (TPSA) is 103 Å². The third-order valence-corrected chi connectivity index (χ3v) is 8.40. The van der Waals surface area contributed by atoms with Gasteiger partial charge in [-0.1, -0.05) is 19.9 Å². The number of hydrogen-bond acceptors (Lipinski definition) is 8. The summed E-state index contributed by atoms with van der Waals surface area (Å²) in [5.41, 5.74) is 3.31. The van der Waals surface area contributed by atoms with Crippen molar-refractivity contribution in [1.29, 1.82) is 0 Å². The molecule has 10 nitrogen and oxygen atoms in total. The van der Waals surface area contributed by atoms with Gasteiger partial charge in [-0.15, -0.1) is 0 Å². The lowest BCUT2D eigenvalue weighted by molar-refractivity contribution is -0.121. The second-order valence-corrected chi connectivity index (χ2v) is 11.7. The molecule has 5 rings (SSSR count). The van der Waals surface area contributed by atoms with E-state index in [1.165, 1.54) is 18.5 Å². The second kappa shape index (κ2) is 12.9. The van der Waals surface area contributed by atoms with Crippen molar-refractivity contribution >= 4 is 35.2 Å². The van der Waals surface area contributed by atoms with Gasteiger partial charge in [0.1, 0.15) is 12.1 Å². The average Bonchev–Trinajstić information content (AvgIpc) is 3.60. The molecule has 2 N–H and O–H groups in total. The van der Waals surface area contributed by atoms with Crippen LogP contribution in [0.2, 0.25) is 0 Å². The number of amides is 2. The Morgan fingerprint density at radius 2 is 1.95 bits per heavy atom. The first kappa shape index (κ1) is 30.2. The number of halogens is 1. The number of rotatable bonds is 11. The van der Waals surface area contributed by atoms with E-state index in [9.17, 15) is 14.0 Å². The minimum atomic E-state index is -0.441. The van der Waals surface area contributed by atoms with Crippen LogP contribution in [0.15, 0.2) is 48.9 Å². The highest BCUT2D eigenvalue weighted by Crippen LogP contribution is 2.44. The third-order valence-electron chi connectivity index (χ3n) is 8.40. The number of ether oxygens (including phenoxy) is 1. The maximum absolute atomic E-state index is 14.3. The summed E-state index contributed by atoms with van der Waals surface area (Å²) >= 11 is 0. The molecule has 228 valence electrons. The normalized spacial score (nSPS) is 18.3. The standard InChI is InChI=1S/C32H40FN7O3/c1-5-40(31(42)22(2)3)27-15-24(33)7-9-28(27)43-29-16-35-20-36-30(29)39-13-11-32(19-39)10-12-38(18-32)17-23-6-8-25(34-4)26(14-23)37-21-41/h6-9,14-16,20-22,34H,5,10-13,17-19H2,1-4H3,(H,37,41). The van der Waals surface area contributed by atoms with Gasteiger partial charge in [0.25, 0.3) is 0 Å². The van der Waals surface area contributed by atoms with E-state index >= 15 is 0 Å². The molecule has 3 aromatic rings. The van der Waals surface area contributed by atoms with Crippen molar-refractivity contribution < 1.29 is 18.7 Å². The molecule has 2 saturated heterocycles. The molecule has 1 spiro atoms. The Balaban J connectivity index is 1.31. The summed E-state index contributed by atoms with van der Waals surface area (Å²) in [5, 5.41) is 5.89. The minimum absolute atomic E-state index is 0.107. The van der Waals surface area contributed by atoms with E-state index in [-0.39, 0.29) is 17.2 Å². The molecule has 0 aliphatic carbocycles. The highest BCUT2D eigenvalue weighted by atomic mass is 19.1. The molecule has 2 aliphatic rings. The van der Waals surface area contributed by atoms with Crippen LogP contribution in [-0.2, 0) is 16.1 Å². The summed E-state index contributed by atoms with van der Waals surface area (Å²) in [6.07, 6.45) is 5.94. The number of carbonyl (C=O) groups excluding carboxylic acids is 2. The molecule has 0 bridgehead atoms. The number of nitrogens with one attached hydrogen (secondary N) is 2. The number of benzene rings is 2. The van der Waals surface area contributed by atoms with Gasteiger partial charge < -0.3 is 25.2 Å². The van der Waals surface area contributed by atoms with Gasteiger partial charge >= 0.3 is 0 Å². The molecule has 43 heavy (non-hydrogen) atoms. The molecule has 2 aliphatic heterocycles. The molecule has 0 radical (unpaired) electrons. The van der Waals surface area contributed by atoms with Crippen LogP contribution >= 0.6 is 0 Å². The summed E-state index contributed by atoms with van der Waals surface area (Å²) in [6.45, 7) is 10.3. The molecule has 2 amide bonds. The van der Waals surface area contributed by atoms with Gasteiger partial charge in [-0.2, -0.15) is 0 Å². The first-order valence-electron chi connectivity index (χ1n) is 14.8. The highest BCUT2D eigenvalue weighted by molar-refractivity contribution is 5.96. The number of aromatic nitrogens is 2. The lowest BCUT2D eigenvalue weighted by Crippen LogP contribution is -2.34. The summed E-state index contributed by atoms with van der Waals surface area (Å²) in [6, 6.07) is 10.3. The van der Waals surface area contributed by atoms with Gasteiger partial charge in [0.2, 0.25) is 12.3 Å². The van der Waals surface area contributed by atoms with Crippen LogP contribution in [0.4, 0.5) is 27.3 Å². The Morgan fingerprint density at radius 1 is 1.14 bits per heavy atom. The zero-order chi connectivity index (χ0) is 30.6. The van der Waals surface area contributed by atoms with Crippen molar-refractivity contribution in [3.05, 3.63) is 60.3 Å². The Labute approximate surface area is 252 Å². The van der Waals surface area contributed by atoms with Crippen LogP contribution in [0.1, 0.15) is 39.2 Å². The molecule has 11 heteroatoms. The minimum Gasteiger partial charge on any atom is -0.450 e. The van der Waals surface area contributed by atoms with Gasteiger partial charge in [-0.3, -0.25) is 14.5 Å². The molecule has 1 aromatic heterocycles. The Morgan fingerprint density at radius 3 is 2.70 bits per heavy atom. The van der Waals surface area contributed by atoms with Crippen LogP contribution in [0.5, 0.6) is 11.5 Å². The number of anilines is 4. The zero-order valence-corrected chi connectivity index (χ0v) is 25.3. The second-order valence-electron chi connectivity index (χ2n) is 11.7. The predicted octanol–water partition coefficient (Wildman–Crippen LogP) is 5.13. The van der Waals surface area contributed by atoms with Gasteiger partial charge in [-0.25, -0.2) is 14.4 Å². The van der Waals surface area contributed by atoms with Crippen molar-refractivity contribution in [2.45, 2.75) is 40.2 Å². The predicted molar refractivity (Wildman–Crippen MR) is 166 cm³/mol. The first-order valence-corrected chi connectivity index (χ1v) is 14.8. The Bertz CT molecular complexity index is 1470. The molecule has 0 saturated carbocycles. The molecule has 3 heterocycles. The van der Waals surface area contributed by atoms with Gasteiger partial charge in [0, 0.05) is 57.2 Å². The van der Waals surface area contributed by atoms with Gasteiger partial charge in [0.15, 0.2) is 17.3 Å². The van der Waals surface area contributed by atoms with E-state index in [1.54, 1.807) is 17.2 Å². The fourth-order valence-electron chi connectivity index (χ4n) is 6.24. The smallest absolute Gasteiger partial charge is 0.229 e. The highest BCUT2D eigenvalue weighted by Gasteiger charge is 2.44. The van der Waals surface area contributed by atoms with E-state index in [4.69, 9.17) is 4.74 Å². The first-order chi connectivity index (χ1) is 20.8. The Kier molecular flexibility index (Phi) is 9.10. The summed E-state index contributed by atoms with van der Waals surface area (Å²) < 4.78 is 20.7. The van der Waals surface area contributed by atoms with Crippen LogP contribution < -0.4 is 25.2 Å². The Hall–Kier alpha value is -4.25. The lowest BCUT2D eigenvalue weighted by atomic mass is 9.86. The van der Waals surface area contributed by atoms with Crippen LogP contribution in [-0.4, -0.2) is 67.0 Å². The zero-order valence-electron chi connectivity index (χ0n) is 25.3. The van der Waals surface area contributed by atoms with Crippen molar-refractivity contribution in [3.8, 4) is 11.5 Å². The van der Waals surface area contributed by atoms with E-state index in [2.05, 4.69) is 36.5 Å². The number of nitrogens with zero attached hydrogens (tertiary/aromatic N) is 5.